The summed E-state index contributed by atoms with van der Waals surface area (Å²) >= 11 is 0. The maximum absolute atomic E-state index is 12.9. The number of benzene rings is 2. The van der Waals surface area contributed by atoms with Crippen LogP contribution in [-0.2, 0) is 4.79 Å². The highest BCUT2D eigenvalue weighted by Gasteiger charge is 2.17. The van der Waals surface area contributed by atoms with Gasteiger partial charge in [-0.25, -0.2) is 0 Å². The minimum atomic E-state index is -3.11. The number of anilines is 1. The molecule has 0 radical (unpaired) electrons. The molecule has 0 saturated heterocycles. The van der Waals surface area contributed by atoms with Gasteiger partial charge < -0.3 is 24.3 Å². The molecule has 30 heavy (non-hydrogen) atoms. The summed E-state index contributed by atoms with van der Waals surface area (Å²) in [6.07, 6.45) is 1.15. The van der Waals surface area contributed by atoms with Gasteiger partial charge >= 0.3 is 6.61 Å². The predicted molar refractivity (Wildman–Crippen MR) is 106 cm³/mol. The number of carbonyl (C=O) groups is 1. The lowest BCUT2D eigenvalue weighted by molar-refractivity contribution is -0.112. The molecule has 0 atom stereocenters. The molecule has 1 N–H and O–H groups in total. The van der Waals surface area contributed by atoms with E-state index in [4.69, 9.17) is 14.2 Å². The number of halogens is 2. The van der Waals surface area contributed by atoms with Crippen LogP contribution in [0.4, 0.5) is 14.5 Å². The number of nitriles is 1. The highest BCUT2D eigenvalue weighted by molar-refractivity contribution is 6.10. The van der Waals surface area contributed by atoms with Crippen molar-refractivity contribution in [2.45, 2.75) is 13.5 Å². The minimum absolute atomic E-state index is 0.0733. The first-order chi connectivity index (χ1) is 14.4. The van der Waals surface area contributed by atoms with Crippen LogP contribution in [0.5, 0.6) is 23.0 Å². The second kappa shape index (κ2) is 10.7. The number of hydrogen-bond donors (Lipinski definition) is 1. The summed E-state index contributed by atoms with van der Waals surface area (Å²) < 4.78 is 45.9. The fourth-order valence-electron chi connectivity index (χ4n) is 2.55. The van der Waals surface area contributed by atoms with Crippen molar-refractivity contribution in [1.29, 1.82) is 5.26 Å². The smallest absolute Gasteiger partial charge is 0.387 e. The quantitative estimate of drug-likeness (QED) is 0.484. The van der Waals surface area contributed by atoms with Crippen LogP contribution in [0.3, 0.4) is 0 Å². The molecule has 0 aliphatic carbocycles. The van der Waals surface area contributed by atoms with E-state index in [1.807, 2.05) is 0 Å². The van der Waals surface area contributed by atoms with E-state index in [0.717, 1.165) is 6.08 Å². The summed E-state index contributed by atoms with van der Waals surface area (Å²) in [7, 11) is 2.92. The van der Waals surface area contributed by atoms with E-state index < -0.39 is 12.5 Å². The van der Waals surface area contributed by atoms with Crippen molar-refractivity contribution in [3.05, 3.63) is 47.5 Å². The lowest BCUT2D eigenvalue weighted by Gasteiger charge is -2.14. The molecular weight excluding hydrogens is 398 g/mol. The van der Waals surface area contributed by atoms with Gasteiger partial charge in [0.15, 0.2) is 23.0 Å². The fraction of sp³-hybridized carbons (Fsp3) is 0.238. The van der Waals surface area contributed by atoms with Crippen molar-refractivity contribution in [2.75, 3.05) is 26.1 Å². The summed E-state index contributed by atoms with van der Waals surface area (Å²) in [4.78, 5) is 12.6. The van der Waals surface area contributed by atoms with Crippen LogP contribution in [0, 0.1) is 11.3 Å². The Balaban J connectivity index is 2.36. The Kier molecular flexibility index (Phi) is 7.99. The minimum Gasteiger partial charge on any atom is -0.493 e. The zero-order valence-electron chi connectivity index (χ0n) is 16.6. The van der Waals surface area contributed by atoms with Crippen molar-refractivity contribution in [3.8, 4) is 29.1 Å². The van der Waals surface area contributed by atoms with Crippen LogP contribution in [0.2, 0.25) is 0 Å². The first kappa shape index (κ1) is 22.5. The molecule has 2 aromatic carbocycles. The van der Waals surface area contributed by atoms with Crippen molar-refractivity contribution in [2.24, 2.45) is 0 Å². The van der Waals surface area contributed by atoms with E-state index in [9.17, 15) is 18.8 Å². The Morgan fingerprint density at radius 3 is 2.50 bits per heavy atom. The third-order valence-corrected chi connectivity index (χ3v) is 3.82. The van der Waals surface area contributed by atoms with E-state index in [2.05, 4.69) is 10.1 Å². The van der Waals surface area contributed by atoms with Gasteiger partial charge in [0.1, 0.15) is 11.6 Å². The van der Waals surface area contributed by atoms with Gasteiger partial charge in [-0.05, 0) is 31.2 Å². The lowest BCUT2D eigenvalue weighted by Crippen LogP contribution is -2.14. The van der Waals surface area contributed by atoms with Gasteiger partial charge in [0.2, 0.25) is 0 Å². The fourth-order valence-corrected chi connectivity index (χ4v) is 2.55. The van der Waals surface area contributed by atoms with Gasteiger partial charge in [-0.3, -0.25) is 4.79 Å². The normalized spacial score (nSPS) is 10.9. The topological polar surface area (TPSA) is 89.8 Å². The van der Waals surface area contributed by atoms with E-state index in [1.165, 1.54) is 38.5 Å². The van der Waals surface area contributed by atoms with Crippen molar-refractivity contribution >= 4 is 17.7 Å². The van der Waals surface area contributed by atoms with Gasteiger partial charge in [0.25, 0.3) is 5.91 Å². The molecule has 9 heteroatoms. The van der Waals surface area contributed by atoms with Gasteiger partial charge in [0, 0.05) is 17.3 Å². The molecule has 0 saturated carbocycles. The number of ether oxygens (including phenoxy) is 4. The van der Waals surface area contributed by atoms with Crippen LogP contribution in [0.25, 0.3) is 6.08 Å². The number of amides is 1. The van der Waals surface area contributed by atoms with Crippen molar-refractivity contribution in [1.82, 2.24) is 0 Å². The van der Waals surface area contributed by atoms with Gasteiger partial charge in [-0.2, -0.15) is 14.0 Å². The molecule has 158 valence electrons. The molecule has 0 aliphatic rings. The first-order valence-corrected chi connectivity index (χ1v) is 8.79. The van der Waals surface area contributed by atoms with Crippen LogP contribution in [-0.4, -0.2) is 33.3 Å². The summed E-state index contributed by atoms with van der Waals surface area (Å²) in [5, 5.41) is 12.0. The van der Waals surface area contributed by atoms with Crippen molar-refractivity contribution < 1.29 is 32.5 Å². The molecule has 0 aromatic heterocycles. The van der Waals surface area contributed by atoms with Crippen LogP contribution >= 0.6 is 0 Å². The zero-order chi connectivity index (χ0) is 22.1. The zero-order valence-corrected chi connectivity index (χ0v) is 16.6. The summed E-state index contributed by atoms with van der Waals surface area (Å²) in [6, 6.07) is 10.9. The van der Waals surface area contributed by atoms with Gasteiger partial charge in [-0.1, -0.05) is 12.1 Å². The number of nitrogens with one attached hydrogen (secondary N) is 1. The Labute approximate surface area is 172 Å². The number of carbonyl (C=O) groups excluding carboxylic acids is 1. The van der Waals surface area contributed by atoms with Crippen LogP contribution in [0.1, 0.15) is 12.5 Å². The molecule has 0 bridgehead atoms. The summed E-state index contributed by atoms with van der Waals surface area (Å²) in [5.74, 6) is -0.0809. The number of hydrogen-bond acceptors (Lipinski definition) is 6. The molecule has 1 amide bonds. The molecule has 0 fully saturated rings. The average molecular weight is 418 g/mol. The summed E-state index contributed by atoms with van der Waals surface area (Å²) in [5.41, 5.74) is 0.128. The maximum atomic E-state index is 12.9. The largest absolute Gasteiger partial charge is 0.493 e. The van der Waals surface area contributed by atoms with Crippen molar-refractivity contribution in [3.63, 3.8) is 0 Å². The molecule has 2 rings (SSSR count). The van der Waals surface area contributed by atoms with Crippen LogP contribution < -0.4 is 24.3 Å². The Morgan fingerprint density at radius 2 is 1.90 bits per heavy atom. The molecule has 2 aromatic rings. The number of para-hydroxylation sites is 1. The number of nitrogens with zero attached hydrogens (tertiary/aromatic N) is 1. The van der Waals surface area contributed by atoms with E-state index in [0.29, 0.717) is 17.2 Å². The molecule has 0 unspecified atom stereocenters. The lowest BCUT2D eigenvalue weighted by atomic mass is 10.1. The second-order valence-corrected chi connectivity index (χ2v) is 5.68. The molecule has 0 spiro atoms. The van der Waals surface area contributed by atoms with Gasteiger partial charge in [-0.15, -0.1) is 0 Å². The highest BCUT2D eigenvalue weighted by atomic mass is 19.3. The SMILES string of the molecule is CCOc1cccc(/C=C(\C#N)C(=O)Nc2ccc(OC)c(OC)c2)c1OC(F)F. The standard InChI is InChI=1S/C21H20F2N2O5/c1-4-29-17-7-5-6-13(19(17)30-21(22)23)10-14(12-24)20(26)25-15-8-9-16(27-2)18(11-15)28-3/h5-11,21H,4H2,1-3H3,(H,25,26)/b14-10+. The number of rotatable bonds is 9. The van der Waals surface area contributed by atoms with E-state index >= 15 is 0 Å². The highest BCUT2D eigenvalue weighted by Crippen LogP contribution is 2.34. The molecule has 0 aliphatic heterocycles. The molecular formula is C21H20F2N2O5. The van der Waals surface area contributed by atoms with Gasteiger partial charge in [0.05, 0.1) is 20.8 Å². The summed E-state index contributed by atoms with van der Waals surface area (Å²) in [6.45, 7) is -1.20. The number of methoxy groups -OCH3 is 2. The molecule has 7 nitrogen and oxygen atoms in total. The molecule has 0 heterocycles. The maximum Gasteiger partial charge on any atom is 0.387 e. The third kappa shape index (κ3) is 5.61. The van der Waals surface area contributed by atoms with Crippen LogP contribution in [0.15, 0.2) is 42.0 Å². The number of alkyl halides is 2. The first-order valence-electron chi connectivity index (χ1n) is 8.79. The Morgan fingerprint density at radius 1 is 1.17 bits per heavy atom. The Hall–Kier alpha value is -3.80. The average Bonchev–Trinajstić information content (AvgIpc) is 2.73. The monoisotopic (exact) mass is 418 g/mol. The second-order valence-electron chi connectivity index (χ2n) is 5.68. The van der Waals surface area contributed by atoms with E-state index in [-0.39, 0.29) is 29.2 Å². The third-order valence-electron chi connectivity index (χ3n) is 3.82. The van der Waals surface area contributed by atoms with E-state index in [1.54, 1.807) is 25.1 Å². The Bertz CT molecular complexity index is 970. The predicted octanol–water partition coefficient (Wildman–Crippen LogP) is 4.25.